The zero-order chi connectivity index (χ0) is 15.9. The smallest absolute Gasteiger partial charge is 0.323 e. The third kappa shape index (κ3) is 4.51. The van der Waals surface area contributed by atoms with Crippen molar-refractivity contribution in [2.24, 2.45) is 5.73 Å². The minimum Gasteiger partial charge on any atom is -0.492 e. The Morgan fingerprint density at radius 1 is 1.32 bits per heavy atom. The second-order valence-corrected chi connectivity index (χ2v) is 5.27. The molecule has 0 aliphatic carbocycles. The van der Waals surface area contributed by atoms with Crippen molar-refractivity contribution >= 4 is 17.6 Å². The molecule has 1 unspecified atom stereocenters. The molecule has 2 aromatic rings. The minimum atomic E-state index is -0.657. The summed E-state index contributed by atoms with van der Waals surface area (Å²) in [5.74, 6) is 0.356. The maximum absolute atomic E-state index is 11.4. The quantitative estimate of drug-likeness (QED) is 0.794. The molecule has 0 saturated carbocycles. The molecular formula is C16H19ClN2O3. The zero-order valence-electron chi connectivity index (χ0n) is 12.4. The summed E-state index contributed by atoms with van der Waals surface area (Å²) in [6.45, 7) is 1.18. The first-order valence-electron chi connectivity index (χ1n) is 6.96. The van der Waals surface area contributed by atoms with Crippen LogP contribution in [0, 0.1) is 0 Å². The maximum Gasteiger partial charge on any atom is 0.323 e. The van der Waals surface area contributed by atoms with Gasteiger partial charge in [0.25, 0.3) is 0 Å². The Bertz CT molecular complexity index is 610. The highest BCUT2D eigenvalue weighted by atomic mass is 35.5. The summed E-state index contributed by atoms with van der Waals surface area (Å²) in [5.41, 5.74) is 6.76. The average molecular weight is 323 g/mol. The lowest BCUT2D eigenvalue weighted by molar-refractivity contribution is -0.142. The SMILES string of the molecule is COC(=O)C(N)Cc1cccn1CCOc1ccc(Cl)cc1. The fourth-order valence-electron chi connectivity index (χ4n) is 2.11. The van der Waals surface area contributed by atoms with Crippen molar-refractivity contribution in [3.05, 3.63) is 53.3 Å². The number of nitrogens with zero attached hydrogens (tertiary/aromatic N) is 1. The zero-order valence-corrected chi connectivity index (χ0v) is 13.1. The molecule has 118 valence electrons. The third-order valence-corrected chi connectivity index (χ3v) is 3.52. The number of hydrogen-bond acceptors (Lipinski definition) is 4. The van der Waals surface area contributed by atoms with Gasteiger partial charge in [-0.3, -0.25) is 4.79 Å². The second-order valence-electron chi connectivity index (χ2n) is 4.83. The molecule has 0 bridgehead atoms. The van der Waals surface area contributed by atoms with Gasteiger partial charge in [-0.15, -0.1) is 0 Å². The van der Waals surface area contributed by atoms with E-state index in [2.05, 4.69) is 4.74 Å². The monoisotopic (exact) mass is 322 g/mol. The maximum atomic E-state index is 11.4. The molecule has 22 heavy (non-hydrogen) atoms. The number of carbonyl (C=O) groups excluding carboxylic acids is 1. The largest absolute Gasteiger partial charge is 0.492 e. The van der Waals surface area contributed by atoms with Gasteiger partial charge in [0.05, 0.1) is 13.7 Å². The Kier molecular flexibility index (Phi) is 5.86. The van der Waals surface area contributed by atoms with E-state index in [1.54, 1.807) is 12.1 Å². The molecule has 6 heteroatoms. The number of rotatable bonds is 7. The molecule has 0 spiro atoms. The summed E-state index contributed by atoms with van der Waals surface area (Å²) in [6.07, 6.45) is 2.37. The lowest BCUT2D eigenvalue weighted by atomic mass is 10.2. The molecule has 2 rings (SSSR count). The molecule has 1 heterocycles. The lowest BCUT2D eigenvalue weighted by Crippen LogP contribution is -2.34. The van der Waals surface area contributed by atoms with Crippen molar-refractivity contribution in [1.29, 1.82) is 0 Å². The average Bonchev–Trinajstić information content (AvgIpc) is 2.95. The number of hydrogen-bond donors (Lipinski definition) is 1. The van der Waals surface area contributed by atoms with Gasteiger partial charge < -0.3 is 19.8 Å². The number of ether oxygens (including phenoxy) is 2. The van der Waals surface area contributed by atoms with Crippen LogP contribution < -0.4 is 10.5 Å². The van der Waals surface area contributed by atoms with Crippen molar-refractivity contribution in [3.63, 3.8) is 0 Å². The van der Waals surface area contributed by atoms with Crippen LogP contribution in [-0.2, 0) is 22.5 Å². The van der Waals surface area contributed by atoms with E-state index in [4.69, 9.17) is 22.1 Å². The number of methoxy groups -OCH3 is 1. The van der Waals surface area contributed by atoms with Gasteiger partial charge in [-0.05, 0) is 36.4 Å². The van der Waals surface area contributed by atoms with E-state index in [1.165, 1.54) is 7.11 Å². The molecule has 1 aromatic heterocycles. The van der Waals surface area contributed by atoms with E-state index in [0.717, 1.165) is 11.4 Å². The summed E-state index contributed by atoms with van der Waals surface area (Å²) in [7, 11) is 1.33. The van der Waals surface area contributed by atoms with Crippen LogP contribution in [0.15, 0.2) is 42.6 Å². The number of aromatic nitrogens is 1. The number of halogens is 1. The van der Waals surface area contributed by atoms with Gasteiger partial charge in [0, 0.05) is 23.3 Å². The predicted octanol–water partition coefficient (Wildman–Crippen LogP) is 2.26. The molecule has 0 radical (unpaired) electrons. The van der Waals surface area contributed by atoms with Crippen LogP contribution in [0.2, 0.25) is 5.02 Å². The van der Waals surface area contributed by atoms with E-state index in [9.17, 15) is 4.79 Å². The van der Waals surface area contributed by atoms with Gasteiger partial charge in [0.1, 0.15) is 18.4 Å². The first-order chi connectivity index (χ1) is 10.6. The van der Waals surface area contributed by atoms with Gasteiger partial charge >= 0.3 is 5.97 Å². The second kappa shape index (κ2) is 7.87. The van der Waals surface area contributed by atoms with Crippen LogP contribution in [0.3, 0.4) is 0 Å². The normalized spacial score (nSPS) is 12.0. The van der Waals surface area contributed by atoms with Gasteiger partial charge in [-0.1, -0.05) is 11.6 Å². The molecule has 5 nitrogen and oxygen atoms in total. The highest BCUT2D eigenvalue weighted by Gasteiger charge is 2.16. The fourth-order valence-corrected chi connectivity index (χ4v) is 2.23. The highest BCUT2D eigenvalue weighted by Crippen LogP contribution is 2.15. The van der Waals surface area contributed by atoms with E-state index >= 15 is 0 Å². The van der Waals surface area contributed by atoms with Crippen LogP contribution >= 0.6 is 11.6 Å². The summed E-state index contributed by atoms with van der Waals surface area (Å²) < 4.78 is 12.3. The number of benzene rings is 1. The summed E-state index contributed by atoms with van der Waals surface area (Å²) in [6, 6.07) is 10.4. The van der Waals surface area contributed by atoms with Crippen LogP contribution in [0.4, 0.5) is 0 Å². The first-order valence-corrected chi connectivity index (χ1v) is 7.33. The molecule has 0 fully saturated rings. The minimum absolute atomic E-state index is 0.412. The molecule has 2 N–H and O–H groups in total. The Morgan fingerprint density at radius 3 is 2.73 bits per heavy atom. The van der Waals surface area contributed by atoms with E-state index in [-0.39, 0.29) is 0 Å². The van der Waals surface area contributed by atoms with E-state index < -0.39 is 12.0 Å². The van der Waals surface area contributed by atoms with Crippen molar-refractivity contribution < 1.29 is 14.3 Å². The first kappa shape index (κ1) is 16.4. The molecule has 0 aliphatic rings. The summed E-state index contributed by atoms with van der Waals surface area (Å²) >= 11 is 5.82. The van der Waals surface area contributed by atoms with Gasteiger partial charge in [0.15, 0.2) is 0 Å². The topological polar surface area (TPSA) is 66.5 Å². The van der Waals surface area contributed by atoms with E-state index in [0.29, 0.717) is 24.6 Å². The molecule has 1 aromatic carbocycles. The van der Waals surface area contributed by atoms with Crippen molar-refractivity contribution in [2.45, 2.75) is 19.0 Å². The van der Waals surface area contributed by atoms with Crippen molar-refractivity contribution in [1.82, 2.24) is 4.57 Å². The van der Waals surface area contributed by atoms with Crippen LogP contribution in [0.5, 0.6) is 5.75 Å². The Hall–Kier alpha value is -1.98. The molecule has 1 atom stereocenters. The lowest BCUT2D eigenvalue weighted by Gasteiger charge is -2.13. The van der Waals surface area contributed by atoms with Crippen LogP contribution in [0.25, 0.3) is 0 Å². The molecule has 0 amide bonds. The third-order valence-electron chi connectivity index (χ3n) is 3.27. The Labute approximate surface area is 134 Å². The number of esters is 1. The number of carbonyl (C=O) groups is 1. The summed E-state index contributed by atoms with van der Waals surface area (Å²) in [5, 5.41) is 0.678. The van der Waals surface area contributed by atoms with Crippen molar-refractivity contribution in [3.8, 4) is 5.75 Å². The van der Waals surface area contributed by atoms with E-state index in [1.807, 2.05) is 35.0 Å². The predicted molar refractivity (Wildman–Crippen MR) is 85.1 cm³/mol. The van der Waals surface area contributed by atoms with Gasteiger partial charge in [-0.2, -0.15) is 0 Å². The van der Waals surface area contributed by atoms with Crippen LogP contribution in [-0.4, -0.2) is 30.3 Å². The molecule has 0 aliphatic heterocycles. The summed E-state index contributed by atoms with van der Waals surface area (Å²) in [4.78, 5) is 11.4. The standard InChI is InChI=1S/C16H19ClN2O3/c1-21-16(20)15(18)11-13-3-2-8-19(13)9-10-22-14-6-4-12(17)5-7-14/h2-8,15H,9-11,18H2,1H3. The highest BCUT2D eigenvalue weighted by molar-refractivity contribution is 6.30. The molecule has 0 saturated heterocycles. The number of nitrogens with two attached hydrogens (primary N) is 1. The fraction of sp³-hybridized carbons (Fsp3) is 0.312. The molecular weight excluding hydrogens is 304 g/mol. The Morgan fingerprint density at radius 2 is 2.05 bits per heavy atom. The Balaban J connectivity index is 1.87. The van der Waals surface area contributed by atoms with Crippen molar-refractivity contribution in [2.75, 3.05) is 13.7 Å². The van der Waals surface area contributed by atoms with Gasteiger partial charge in [0.2, 0.25) is 0 Å². The van der Waals surface area contributed by atoms with Crippen LogP contribution in [0.1, 0.15) is 5.69 Å². The van der Waals surface area contributed by atoms with Gasteiger partial charge in [-0.25, -0.2) is 0 Å².